The lowest BCUT2D eigenvalue weighted by Gasteiger charge is -2.09. The van der Waals surface area contributed by atoms with E-state index in [0.717, 1.165) is 32.3 Å². The third kappa shape index (κ3) is 5.12. The summed E-state index contributed by atoms with van der Waals surface area (Å²) >= 11 is 0. The second-order valence-electron chi connectivity index (χ2n) is 6.44. The van der Waals surface area contributed by atoms with E-state index in [1.807, 2.05) is 0 Å². The molecule has 2 heteroatoms. The topological polar surface area (TPSA) is 21.8 Å². The van der Waals surface area contributed by atoms with Crippen molar-refractivity contribution in [2.45, 2.75) is 71.5 Å². The molecule has 0 spiro atoms. The molecule has 0 N–H and O–H groups in total. The number of rotatable bonds is 8. The van der Waals surface area contributed by atoms with Gasteiger partial charge in [-0.25, -0.2) is 0 Å². The van der Waals surface area contributed by atoms with Crippen molar-refractivity contribution in [3.05, 3.63) is 23.3 Å². The van der Waals surface area contributed by atoms with Crippen molar-refractivity contribution in [2.75, 3.05) is 13.7 Å². The summed E-state index contributed by atoms with van der Waals surface area (Å²) in [5.74, 6) is 0. The molecule has 19 heavy (non-hydrogen) atoms. The van der Waals surface area contributed by atoms with Gasteiger partial charge in [0.2, 0.25) is 0 Å². The zero-order valence-corrected chi connectivity index (χ0v) is 13.5. The number of hydrogen-bond donors (Lipinski definition) is 0. The first-order valence-electron chi connectivity index (χ1n) is 7.31. The standard InChI is InChI=1S/C17H30O2/c1-14(8-7-9-15(2)11-13-18-6)10-12-17(5)16(3,4)19-17/h8,11H,7,9-10,12-13H2,1-6H3. The molecule has 1 saturated heterocycles. The number of ether oxygens (including phenoxy) is 2. The summed E-state index contributed by atoms with van der Waals surface area (Å²) in [6.07, 6.45) is 9.04. The predicted octanol–water partition coefficient (Wildman–Crippen LogP) is 4.65. The Bertz CT molecular complexity index is 352. The van der Waals surface area contributed by atoms with Gasteiger partial charge in [0, 0.05) is 7.11 Å². The molecular weight excluding hydrogens is 236 g/mol. The van der Waals surface area contributed by atoms with E-state index in [9.17, 15) is 0 Å². The second kappa shape index (κ2) is 6.71. The molecule has 1 heterocycles. The van der Waals surface area contributed by atoms with Crippen molar-refractivity contribution in [3.63, 3.8) is 0 Å². The summed E-state index contributed by atoms with van der Waals surface area (Å²) in [4.78, 5) is 0. The molecule has 0 radical (unpaired) electrons. The van der Waals surface area contributed by atoms with E-state index in [0.29, 0.717) is 0 Å². The van der Waals surface area contributed by atoms with Gasteiger partial charge in [0.25, 0.3) is 0 Å². The zero-order valence-electron chi connectivity index (χ0n) is 13.5. The minimum atomic E-state index is 0.0761. The van der Waals surface area contributed by atoms with Crippen LogP contribution in [-0.2, 0) is 9.47 Å². The molecule has 0 aromatic carbocycles. The van der Waals surface area contributed by atoms with Crippen LogP contribution >= 0.6 is 0 Å². The van der Waals surface area contributed by atoms with Crippen LogP contribution in [0.25, 0.3) is 0 Å². The van der Waals surface area contributed by atoms with Gasteiger partial charge in [-0.3, -0.25) is 0 Å². The summed E-state index contributed by atoms with van der Waals surface area (Å²) < 4.78 is 10.8. The first kappa shape index (κ1) is 16.5. The van der Waals surface area contributed by atoms with E-state index in [1.54, 1.807) is 7.11 Å². The van der Waals surface area contributed by atoms with Gasteiger partial charge in [0.05, 0.1) is 17.8 Å². The number of hydrogen-bond acceptors (Lipinski definition) is 2. The zero-order chi connectivity index (χ0) is 14.5. The van der Waals surface area contributed by atoms with Gasteiger partial charge in [-0.2, -0.15) is 0 Å². The molecule has 0 amide bonds. The predicted molar refractivity (Wildman–Crippen MR) is 81.4 cm³/mol. The maximum atomic E-state index is 5.78. The van der Waals surface area contributed by atoms with Crippen molar-refractivity contribution >= 4 is 0 Å². The van der Waals surface area contributed by atoms with Crippen LogP contribution in [0.3, 0.4) is 0 Å². The molecule has 1 unspecified atom stereocenters. The van der Waals surface area contributed by atoms with Gasteiger partial charge in [-0.1, -0.05) is 23.3 Å². The molecule has 0 aliphatic carbocycles. The van der Waals surface area contributed by atoms with Crippen LogP contribution in [-0.4, -0.2) is 24.9 Å². The maximum Gasteiger partial charge on any atom is 0.0949 e. The van der Waals surface area contributed by atoms with Crippen LogP contribution in [0.15, 0.2) is 23.3 Å². The van der Waals surface area contributed by atoms with E-state index in [1.165, 1.54) is 11.1 Å². The molecule has 2 nitrogen and oxygen atoms in total. The van der Waals surface area contributed by atoms with Gasteiger partial charge >= 0.3 is 0 Å². The molecule has 1 aliphatic rings. The Morgan fingerprint density at radius 2 is 1.63 bits per heavy atom. The molecule has 0 aromatic heterocycles. The largest absolute Gasteiger partial charge is 0.381 e. The van der Waals surface area contributed by atoms with Crippen molar-refractivity contribution in [1.82, 2.24) is 0 Å². The number of epoxide rings is 1. The average molecular weight is 266 g/mol. The maximum absolute atomic E-state index is 5.78. The van der Waals surface area contributed by atoms with Crippen LogP contribution in [0, 0.1) is 0 Å². The fourth-order valence-electron chi connectivity index (χ4n) is 2.30. The molecule has 0 aromatic rings. The SMILES string of the molecule is COCC=C(C)CCC=C(C)CCC1(C)OC1(C)C. The summed E-state index contributed by atoms with van der Waals surface area (Å²) in [6.45, 7) is 11.7. The van der Waals surface area contributed by atoms with Gasteiger partial charge in [-0.15, -0.1) is 0 Å². The monoisotopic (exact) mass is 266 g/mol. The molecule has 1 aliphatic heterocycles. The van der Waals surface area contributed by atoms with E-state index < -0.39 is 0 Å². The third-order valence-electron chi connectivity index (χ3n) is 4.34. The highest BCUT2D eigenvalue weighted by Crippen LogP contribution is 2.50. The van der Waals surface area contributed by atoms with Gasteiger partial charge < -0.3 is 9.47 Å². The molecule has 0 bridgehead atoms. The molecule has 1 atom stereocenters. The lowest BCUT2D eigenvalue weighted by molar-refractivity contribution is 0.233. The number of allylic oxidation sites excluding steroid dienone is 3. The van der Waals surface area contributed by atoms with Crippen LogP contribution in [0.4, 0.5) is 0 Å². The highest BCUT2D eigenvalue weighted by molar-refractivity contribution is 5.11. The Hall–Kier alpha value is -0.600. The second-order valence-corrected chi connectivity index (χ2v) is 6.44. The van der Waals surface area contributed by atoms with Gasteiger partial charge in [0.15, 0.2) is 0 Å². The molecule has 1 rings (SSSR count). The lowest BCUT2D eigenvalue weighted by atomic mass is 9.91. The van der Waals surface area contributed by atoms with Gasteiger partial charge in [0.1, 0.15) is 0 Å². The minimum absolute atomic E-state index is 0.0761. The van der Waals surface area contributed by atoms with Crippen LogP contribution in [0.5, 0.6) is 0 Å². The lowest BCUT2D eigenvalue weighted by Crippen LogP contribution is -2.16. The summed E-state index contributed by atoms with van der Waals surface area (Å²) in [5.41, 5.74) is 3.06. The van der Waals surface area contributed by atoms with Crippen molar-refractivity contribution in [1.29, 1.82) is 0 Å². The summed E-state index contributed by atoms with van der Waals surface area (Å²) in [6, 6.07) is 0. The first-order valence-corrected chi connectivity index (χ1v) is 7.31. The Morgan fingerprint density at radius 1 is 1.05 bits per heavy atom. The van der Waals surface area contributed by atoms with Crippen molar-refractivity contribution in [2.24, 2.45) is 0 Å². The normalized spacial score (nSPS) is 26.6. The average Bonchev–Trinajstić information content (AvgIpc) is 2.84. The van der Waals surface area contributed by atoms with Crippen LogP contribution in [0.1, 0.15) is 60.3 Å². The quantitative estimate of drug-likeness (QED) is 0.471. The Labute approximate surface area is 118 Å². The first-order chi connectivity index (χ1) is 8.81. The fraction of sp³-hybridized carbons (Fsp3) is 0.765. The Balaban J connectivity index is 2.23. The molecule has 1 fully saturated rings. The Morgan fingerprint density at radius 3 is 2.16 bits per heavy atom. The summed E-state index contributed by atoms with van der Waals surface area (Å²) in [5, 5.41) is 0. The third-order valence-corrected chi connectivity index (χ3v) is 4.34. The fourth-order valence-corrected chi connectivity index (χ4v) is 2.30. The molecule has 0 saturated carbocycles. The highest BCUT2D eigenvalue weighted by Gasteiger charge is 2.59. The molecule has 110 valence electrons. The Kier molecular flexibility index (Phi) is 5.82. The summed E-state index contributed by atoms with van der Waals surface area (Å²) in [7, 11) is 1.73. The van der Waals surface area contributed by atoms with Crippen molar-refractivity contribution in [3.8, 4) is 0 Å². The van der Waals surface area contributed by atoms with Gasteiger partial charge in [-0.05, 0) is 60.3 Å². The minimum Gasteiger partial charge on any atom is -0.381 e. The van der Waals surface area contributed by atoms with Crippen molar-refractivity contribution < 1.29 is 9.47 Å². The molecular formula is C17H30O2. The van der Waals surface area contributed by atoms with E-state index >= 15 is 0 Å². The van der Waals surface area contributed by atoms with Crippen LogP contribution < -0.4 is 0 Å². The van der Waals surface area contributed by atoms with E-state index in [-0.39, 0.29) is 11.2 Å². The highest BCUT2D eigenvalue weighted by atomic mass is 16.6. The smallest absolute Gasteiger partial charge is 0.0949 e. The van der Waals surface area contributed by atoms with Crippen LogP contribution in [0.2, 0.25) is 0 Å². The van der Waals surface area contributed by atoms with E-state index in [4.69, 9.17) is 9.47 Å². The number of methoxy groups -OCH3 is 1. The van der Waals surface area contributed by atoms with E-state index in [2.05, 4.69) is 46.8 Å².